The first kappa shape index (κ1) is 15.3. The molecule has 0 spiro atoms. The van der Waals surface area contributed by atoms with E-state index in [2.05, 4.69) is 19.2 Å². The molecule has 0 fully saturated rings. The van der Waals surface area contributed by atoms with Crippen molar-refractivity contribution >= 4 is 21.6 Å². The summed E-state index contributed by atoms with van der Waals surface area (Å²) < 4.78 is 22.0. The molecule has 92 valence electrons. The maximum atomic E-state index is 11.0. The summed E-state index contributed by atoms with van der Waals surface area (Å²) in [6, 6.07) is 0.304. The van der Waals surface area contributed by atoms with Crippen LogP contribution in [-0.2, 0) is 9.84 Å². The lowest BCUT2D eigenvalue weighted by Crippen LogP contribution is -2.30. The second-order valence-electron chi connectivity index (χ2n) is 3.96. The van der Waals surface area contributed by atoms with E-state index in [1.807, 2.05) is 18.8 Å². The molecule has 0 aromatic rings. The van der Waals surface area contributed by atoms with Gasteiger partial charge in [0, 0.05) is 23.3 Å². The van der Waals surface area contributed by atoms with Crippen LogP contribution in [0.15, 0.2) is 0 Å². The van der Waals surface area contributed by atoms with E-state index in [0.29, 0.717) is 17.7 Å². The van der Waals surface area contributed by atoms with Crippen LogP contribution >= 0.6 is 11.8 Å². The molecule has 0 aliphatic rings. The van der Waals surface area contributed by atoms with Gasteiger partial charge in [-0.25, -0.2) is 8.42 Å². The summed E-state index contributed by atoms with van der Waals surface area (Å²) in [5.41, 5.74) is 0. The highest BCUT2D eigenvalue weighted by atomic mass is 32.2. The van der Waals surface area contributed by atoms with E-state index in [0.717, 1.165) is 12.2 Å². The van der Waals surface area contributed by atoms with E-state index in [-0.39, 0.29) is 5.75 Å². The summed E-state index contributed by atoms with van der Waals surface area (Å²) in [7, 11) is -0.930. The first-order valence-electron chi connectivity index (χ1n) is 5.35. The Morgan fingerprint density at radius 1 is 1.40 bits per heavy atom. The Morgan fingerprint density at radius 2 is 2.00 bits per heavy atom. The lowest BCUT2D eigenvalue weighted by Gasteiger charge is -2.17. The fourth-order valence-electron chi connectivity index (χ4n) is 1.07. The van der Waals surface area contributed by atoms with Gasteiger partial charge in [-0.15, -0.1) is 0 Å². The number of rotatable bonds is 8. The highest BCUT2D eigenvalue weighted by Gasteiger charge is 2.11. The minimum atomic E-state index is -2.82. The standard InChI is InChI=1S/C10H23NO2S2/c1-5-9(2)14-8-10(11-3)6-7-15(4,12)13/h9-11H,5-8H2,1-4H3. The number of thioether (sulfide) groups is 1. The Bertz CT molecular complexity index is 252. The van der Waals surface area contributed by atoms with Gasteiger partial charge in [-0.05, 0) is 19.9 Å². The molecular weight excluding hydrogens is 230 g/mol. The fourth-order valence-corrected chi connectivity index (χ4v) is 2.91. The van der Waals surface area contributed by atoms with Crippen LogP contribution in [0, 0.1) is 0 Å². The van der Waals surface area contributed by atoms with E-state index in [9.17, 15) is 8.42 Å². The molecule has 0 bridgehead atoms. The first-order valence-corrected chi connectivity index (χ1v) is 8.46. The number of nitrogens with one attached hydrogen (secondary N) is 1. The van der Waals surface area contributed by atoms with Gasteiger partial charge in [0.1, 0.15) is 9.84 Å². The second-order valence-corrected chi connectivity index (χ2v) is 7.69. The molecule has 0 aliphatic heterocycles. The monoisotopic (exact) mass is 253 g/mol. The number of sulfone groups is 1. The van der Waals surface area contributed by atoms with Crippen LogP contribution in [0.3, 0.4) is 0 Å². The molecule has 0 heterocycles. The Labute approximate surface area is 98.3 Å². The van der Waals surface area contributed by atoms with Crippen molar-refractivity contribution in [2.24, 2.45) is 0 Å². The van der Waals surface area contributed by atoms with Crippen molar-refractivity contribution in [1.82, 2.24) is 5.32 Å². The molecule has 0 saturated heterocycles. The van der Waals surface area contributed by atoms with Crippen LogP contribution < -0.4 is 5.32 Å². The molecule has 3 nitrogen and oxygen atoms in total. The van der Waals surface area contributed by atoms with Crippen LogP contribution in [0.4, 0.5) is 0 Å². The summed E-state index contributed by atoms with van der Waals surface area (Å²) in [6.45, 7) is 4.37. The molecule has 0 amide bonds. The zero-order valence-corrected chi connectivity index (χ0v) is 11.7. The van der Waals surface area contributed by atoms with Gasteiger partial charge >= 0.3 is 0 Å². The van der Waals surface area contributed by atoms with Crippen molar-refractivity contribution in [3.63, 3.8) is 0 Å². The second kappa shape index (κ2) is 7.52. The summed E-state index contributed by atoms with van der Waals surface area (Å²) in [4.78, 5) is 0. The Kier molecular flexibility index (Phi) is 7.65. The molecule has 2 atom stereocenters. The average molecular weight is 253 g/mol. The highest BCUT2D eigenvalue weighted by Crippen LogP contribution is 2.15. The lowest BCUT2D eigenvalue weighted by molar-refractivity contribution is 0.572. The quantitative estimate of drug-likeness (QED) is 0.713. The first-order chi connectivity index (χ1) is 6.89. The third-order valence-electron chi connectivity index (χ3n) is 2.40. The fraction of sp³-hybridized carbons (Fsp3) is 1.00. The van der Waals surface area contributed by atoms with Gasteiger partial charge in [0.05, 0.1) is 5.75 Å². The third-order valence-corrected chi connectivity index (χ3v) is 4.88. The maximum absolute atomic E-state index is 11.0. The van der Waals surface area contributed by atoms with Crippen LogP contribution in [0.2, 0.25) is 0 Å². The number of hydrogen-bond donors (Lipinski definition) is 1. The smallest absolute Gasteiger partial charge is 0.147 e. The predicted octanol–water partition coefficient (Wildman–Crippen LogP) is 1.54. The normalized spacial score (nSPS) is 16.3. The van der Waals surface area contributed by atoms with Crippen LogP contribution in [0.5, 0.6) is 0 Å². The Hall–Kier alpha value is 0.260. The Balaban J connectivity index is 3.83. The summed E-state index contributed by atoms with van der Waals surface area (Å²) in [5.74, 6) is 1.26. The lowest BCUT2D eigenvalue weighted by atomic mass is 10.3. The molecule has 5 heteroatoms. The summed E-state index contributed by atoms with van der Waals surface area (Å²) in [5, 5.41) is 3.82. The van der Waals surface area contributed by atoms with E-state index < -0.39 is 9.84 Å². The zero-order chi connectivity index (χ0) is 11.9. The van der Waals surface area contributed by atoms with E-state index >= 15 is 0 Å². The van der Waals surface area contributed by atoms with E-state index in [1.54, 1.807) is 0 Å². The van der Waals surface area contributed by atoms with E-state index in [1.165, 1.54) is 6.26 Å². The third kappa shape index (κ3) is 9.20. The van der Waals surface area contributed by atoms with Crippen molar-refractivity contribution in [2.45, 2.75) is 38.0 Å². The van der Waals surface area contributed by atoms with Gasteiger partial charge in [-0.1, -0.05) is 13.8 Å². The van der Waals surface area contributed by atoms with Gasteiger partial charge in [-0.2, -0.15) is 11.8 Å². The summed E-state index contributed by atoms with van der Waals surface area (Å²) in [6.07, 6.45) is 3.16. The molecule has 15 heavy (non-hydrogen) atoms. The molecule has 0 aromatic carbocycles. The van der Waals surface area contributed by atoms with Crippen LogP contribution in [0.1, 0.15) is 26.7 Å². The van der Waals surface area contributed by atoms with Crippen molar-refractivity contribution in [1.29, 1.82) is 0 Å². The molecule has 2 unspecified atom stereocenters. The van der Waals surface area contributed by atoms with Crippen molar-refractivity contribution in [3.8, 4) is 0 Å². The van der Waals surface area contributed by atoms with Gasteiger partial charge in [-0.3, -0.25) is 0 Å². The van der Waals surface area contributed by atoms with E-state index in [4.69, 9.17) is 0 Å². The van der Waals surface area contributed by atoms with Crippen molar-refractivity contribution < 1.29 is 8.42 Å². The van der Waals surface area contributed by atoms with Crippen molar-refractivity contribution in [3.05, 3.63) is 0 Å². The topological polar surface area (TPSA) is 46.2 Å². The van der Waals surface area contributed by atoms with Gasteiger partial charge in [0.15, 0.2) is 0 Å². The summed E-state index contributed by atoms with van der Waals surface area (Å²) >= 11 is 1.90. The molecule has 0 aliphatic carbocycles. The van der Waals surface area contributed by atoms with Crippen molar-refractivity contribution in [2.75, 3.05) is 24.8 Å². The average Bonchev–Trinajstić information content (AvgIpc) is 2.16. The molecule has 0 aromatic heterocycles. The minimum Gasteiger partial charge on any atom is -0.316 e. The van der Waals surface area contributed by atoms with Crippen LogP contribution in [-0.4, -0.2) is 44.5 Å². The molecule has 0 saturated carbocycles. The van der Waals surface area contributed by atoms with Gasteiger partial charge in [0.2, 0.25) is 0 Å². The zero-order valence-electron chi connectivity index (χ0n) is 10.1. The maximum Gasteiger partial charge on any atom is 0.147 e. The molecule has 0 radical (unpaired) electrons. The van der Waals surface area contributed by atoms with Gasteiger partial charge in [0.25, 0.3) is 0 Å². The molecule has 1 N–H and O–H groups in total. The molecule has 0 rings (SSSR count). The van der Waals surface area contributed by atoms with Gasteiger partial charge < -0.3 is 5.32 Å². The van der Waals surface area contributed by atoms with Crippen LogP contribution in [0.25, 0.3) is 0 Å². The number of hydrogen-bond acceptors (Lipinski definition) is 4. The molecular formula is C10H23NO2S2. The predicted molar refractivity (Wildman–Crippen MR) is 69.4 cm³/mol. The highest BCUT2D eigenvalue weighted by molar-refractivity contribution is 7.99. The largest absolute Gasteiger partial charge is 0.316 e. The SMILES string of the molecule is CCC(C)SCC(CCS(C)(=O)=O)NC. The Morgan fingerprint density at radius 3 is 2.40 bits per heavy atom. The minimum absolute atomic E-state index is 0.277.